The number of imidazole rings is 1. The molecule has 0 saturated heterocycles. The third kappa shape index (κ3) is 4.53. The Bertz CT molecular complexity index is 1640. The number of amides is 1. The van der Waals surface area contributed by atoms with E-state index >= 15 is 0 Å². The summed E-state index contributed by atoms with van der Waals surface area (Å²) in [6, 6.07) is 9.64. The zero-order chi connectivity index (χ0) is 26.4. The van der Waals surface area contributed by atoms with Crippen LogP contribution >= 0.6 is 0 Å². The Morgan fingerprint density at radius 3 is 2.62 bits per heavy atom. The molecule has 3 aromatic heterocycles. The molecule has 190 valence electrons. The van der Waals surface area contributed by atoms with Crippen LogP contribution in [-0.2, 0) is 32.9 Å². The zero-order valence-corrected chi connectivity index (χ0v) is 21.7. The number of fused-ring (bicyclic) bond motifs is 2. The van der Waals surface area contributed by atoms with Gasteiger partial charge >= 0.3 is 0 Å². The minimum atomic E-state index is -3.29. The molecule has 0 bridgehead atoms. The minimum Gasteiger partial charge on any atom is -0.310 e. The van der Waals surface area contributed by atoms with Crippen molar-refractivity contribution in [2.75, 3.05) is 11.1 Å². The second-order valence-corrected chi connectivity index (χ2v) is 11.8. The summed E-state index contributed by atoms with van der Waals surface area (Å²) in [5.41, 5.74) is 3.14. The van der Waals surface area contributed by atoms with E-state index in [1.807, 2.05) is 30.6 Å². The van der Waals surface area contributed by atoms with Crippen LogP contribution in [0.3, 0.4) is 0 Å². The third-order valence-corrected chi connectivity index (χ3v) is 8.64. The van der Waals surface area contributed by atoms with Crippen LogP contribution < -0.4 is 5.32 Å². The van der Waals surface area contributed by atoms with Crippen LogP contribution in [0.4, 0.5) is 5.82 Å². The molecular formula is C27H27N5O4S. The van der Waals surface area contributed by atoms with Gasteiger partial charge in [-0.15, -0.1) is 0 Å². The van der Waals surface area contributed by atoms with Crippen LogP contribution in [0.2, 0.25) is 0 Å². The van der Waals surface area contributed by atoms with Gasteiger partial charge in [-0.05, 0) is 56.5 Å². The molecule has 37 heavy (non-hydrogen) atoms. The molecule has 10 heteroatoms. The highest BCUT2D eigenvalue weighted by Gasteiger charge is 2.43. The average Bonchev–Trinajstić information content (AvgIpc) is 3.34. The number of hydrogen-bond acceptors (Lipinski definition) is 7. The number of carbonyl (C=O) groups excluding carboxylic acids is 2. The van der Waals surface area contributed by atoms with Gasteiger partial charge in [0.2, 0.25) is 5.91 Å². The molecule has 1 aromatic carbocycles. The second-order valence-electron chi connectivity index (χ2n) is 9.51. The van der Waals surface area contributed by atoms with Crippen LogP contribution in [0.5, 0.6) is 0 Å². The van der Waals surface area contributed by atoms with Crippen LogP contribution in [0, 0.1) is 6.92 Å². The minimum absolute atomic E-state index is 0.0215. The number of rotatable bonds is 6. The zero-order valence-electron chi connectivity index (χ0n) is 20.9. The van der Waals surface area contributed by atoms with Gasteiger partial charge in [-0.25, -0.2) is 18.4 Å². The number of aromatic nitrogens is 4. The molecule has 0 spiro atoms. The van der Waals surface area contributed by atoms with Gasteiger partial charge in [0.15, 0.2) is 21.3 Å². The average molecular weight is 518 g/mol. The maximum atomic E-state index is 13.7. The van der Waals surface area contributed by atoms with Crippen LogP contribution in [0.1, 0.15) is 53.3 Å². The summed E-state index contributed by atoms with van der Waals surface area (Å²) in [6.07, 6.45) is 6.57. The maximum absolute atomic E-state index is 13.7. The van der Waals surface area contributed by atoms with E-state index < -0.39 is 15.3 Å². The standard InChI is InChI=1S/C27H27N5O4S/c1-4-37(35,36)19-7-5-18(6-8-19)15-23(33)31-22-10-9-20-21(30-22)11-12-27(3,25(20)34)24-26-28-13-14-32(26)16-17(2)29-24/h5-10,13-14,16H,4,11-12,15H2,1-3H3,(H,30,31,33). The molecular weight excluding hydrogens is 490 g/mol. The van der Waals surface area contributed by atoms with Crippen LogP contribution in [0.25, 0.3) is 5.65 Å². The maximum Gasteiger partial charge on any atom is 0.229 e. The fraction of sp³-hybridized carbons (Fsp3) is 0.296. The van der Waals surface area contributed by atoms with Crippen molar-refractivity contribution in [2.24, 2.45) is 0 Å². The normalized spacial score (nSPS) is 17.5. The van der Waals surface area contributed by atoms with E-state index in [2.05, 4.69) is 15.3 Å². The van der Waals surface area contributed by atoms with Gasteiger partial charge in [-0.1, -0.05) is 19.1 Å². The lowest BCUT2D eigenvalue weighted by Crippen LogP contribution is -2.39. The van der Waals surface area contributed by atoms with E-state index in [4.69, 9.17) is 4.98 Å². The number of hydrogen-bond donors (Lipinski definition) is 1. The summed E-state index contributed by atoms with van der Waals surface area (Å²) in [5, 5.41) is 2.79. The number of carbonyl (C=O) groups is 2. The van der Waals surface area contributed by atoms with Gasteiger partial charge in [-0.3, -0.25) is 14.6 Å². The van der Waals surface area contributed by atoms with E-state index in [0.717, 1.165) is 5.69 Å². The van der Waals surface area contributed by atoms with Crippen LogP contribution in [-0.4, -0.2) is 45.2 Å². The number of nitrogens with zero attached hydrogens (tertiary/aromatic N) is 4. The first-order chi connectivity index (χ1) is 17.6. The van der Waals surface area contributed by atoms with E-state index in [1.165, 1.54) is 12.1 Å². The summed E-state index contributed by atoms with van der Waals surface area (Å²) < 4.78 is 25.8. The fourth-order valence-corrected chi connectivity index (χ4v) is 5.64. The highest BCUT2D eigenvalue weighted by Crippen LogP contribution is 2.38. The summed E-state index contributed by atoms with van der Waals surface area (Å²) in [7, 11) is -3.29. The molecule has 3 heterocycles. The summed E-state index contributed by atoms with van der Waals surface area (Å²) in [5.74, 6) is 0.0448. The van der Waals surface area contributed by atoms with Crippen molar-refractivity contribution in [1.29, 1.82) is 0 Å². The number of anilines is 1. The Kier molecular flexibility index (Phi) is 6.15. The first kappa shape index (κ1) is 24.8. The molecule has 0 saturated carbocycles. The summed E-state index contributed by atoms with van der Waals surface area (Å²) >= 11 is 0. The number of pyridine rings is 1. The van der Waals surface area contributed by atoms with Gasteiger partial charge < -0.3 is 9.72 Å². The Labute approximate surface area is 214 Å². The summed E-state index contributed by atoms with van der Waals surface area (Å²) in [4.78, 5) is 40.2. The lowest BCUT2D eigenvalue weighted by atomic mass is 9.71. The molecule has 0 fully saturated rings. The Hall–Kier alpha value is -3.92. The predicted octanol–water partition coefficient (Wildman–Crippen LogP) is 3.49. The second kappa shape index (κ2) is 9.19. The van der Waals surface area contributed by atoms with Crippen molar-refractivity contribution < 1.29 is 18.0 Å². The fourth-order valence-electron chi connectivity index (χ4n) is 4.75. The van der Waals surface area contributed by atoms with Gasteiger partial charge in [-0.2, -0.15) is 0 Å². The molecule has 9 nitrogen and oxygen atoms in total. The molecule has 5 rings (SSSR count). The van der Waals surface area contributed by atoms with E-state index in [0.29, 0.717) is 46.8 Å². The van der Waals surface area contributed by atoms with Crippen molar-refractivity contribution in [2.45, 2.75) is 50.3 Å². The van der Waals surface area contributed by atoms with Gasteiger partial charge in [0.1, 0.15) is 5.82 Å². The first-order valence-corrected chi connectivity index (χ1v) is 13.7. The Morgan fingerprint density at radius 2 is 1.89 bits per heavy atom. The number of nitrogens with one attached hydrogen (secondary N) is 1. The van der Waals surface area contributed by atoms with Crippen molar-refractivity contribution >= 4 is 33.0 Å². The van der Waals surface area contributed by atoms with Gasteiger partial charge in [0.25, 0.3) is 0 Å². The summed E-state index contributed by atoms with van der Waals surface area (Å²) in [6.45, 7) is 5.39. The molecule has 0 radical (unpaired) electrons. The smallest absolute Gasteiger partial charge is 0.229 e. The monoisotopic (exact) mass is 517 g/mol. The van der Waals surface area contributed by atoms with Crippen molar-refractivity contribution in [3.63, 3.8) is 0 Å². The first-order valence-electron chi connectivity index (χ1n) is 12.1. The number of Topliss-reactive ketones (excluding diaryl/α,β-unsaturated/α-hetero) is 1. The highest BCUT2D eigenvalue weighted by molar-refractivity contribution is 7.91. The lowest BCUT2D eigenvalue weighted by molar-refractivity contribution is -0.115. The molecule has 1 atom stereocenters. The molecule has 1 amide bonds. The van der Waals surface area contributed by atoms with E-state index in [9.17, 15) is 18.0 Å². The third-order valence-electron chi connectivity index (χ3n) is 6.89. The predicted molar refractivity (Wildman–Crippen MR) is 138 cm³/mol. The molecule has 1 aliphatic carbocycles. The molecule has 4 aromatic rings. The van der Waals surface area contributed by atoms with Gasteiger partial charge in [0, 0.05) is 24.2 Å². The van der Waals surface area contributed by atoms with Crippen molar-refractivity contribution in [3.8, 4) is 0 Å². The molecule has 1 aliphatic rings. The number of aryl methyl sites for hydroxylation is 2. The van der Waals surface area contributed by atoms with Gasteiger partial charge in [0.05, 0.1) is 39.6 Å². The number of benzene rings is 1. The number of ketones is 1. The van der Waals surface area contributed by atoms with Crippen molar-refractivity contribution in [1.82, 2.24) is 19.4 Å². The largest absolute Gasteiger partial charge is 0.310 e. The molecule has 0 aliphatic heterocycles. The Morgan fingerprint density at radius 1 is 1.14 bits per heavy atom. The molecule has 1 N–H and O–H groups in total. The highest BCUT2D eigenvalue weighted by atomic mass is 32.2. The Balaban J connectivity index is 1.33. The SMILES string of the molecule is CCS(=O)(=O)c1ccc(CC(=O)Nc2ccc3c(n2)CCC(C)(c2nc(C)cn4ccnc24)C3=O)cc1. The lowest BCUT2D eigenvalue weighted by Gasteiger charge is -2.32. The van der Waals surface area contributed by atoms with Crippen LogP contribution in [0.15, 0.2) is 59.9 Å². The number of sulfone groups is 1. The quantitative estimate of drug-likeness (QED) is 0.415. The van der Waals surface area contributed by atoms with E-state index in [1.54, 1.807) is 37.4 Å². The van der Waals surface area contributed by atoms with Crippen molar-refractivity contribution in [3.05, 3.63) is 83.2 Å². The molecule has 1 unspecified atom stereocenters. The topological polar surface area (TPSA) is 123 Å². The van der Waals surface area contributed by atoms with E-state index in [-0.39, 0.29) is 28.8 Å².